The van der Waals surface area contributed by atoms with E-state index < -0.39 is 0 Å². The Kier molecular flexibility index (Phi) is 5.89. The Labute approximate surface area is 167 Å². The standard InChI is InChI=1S/C20H22N4OS2/c1-2-3-4-7-11-27-20-22-19-17(23-24-20)15-8-5-6-9-16(15)21-18(25-19)14-10-12-26-13-14/h5-6,8-10,12-13,18,21H,2-4,7,11H2,1H3/t18-/m0/s1. The van der Waals surface area contributed by atoms with Gasteiger partial charge in [-0.15, -0.1) is 10.2 Å². The maximum atomic E-state index is 6.24. The summed E-state index contributed by atoms with van der Waals surface area (Å²) >= 11 is 3.30. The quantitative estimate of drug-likeness (QED) is 0.402. The number of unbranched alkanes of at least 4 members (excludes halogenated alkanes) is 3. The summed E-state index contributed by atoms with van der Waals surface area (Å²) in [6.45, 7) is 2.22. The second-order valence-corrected chi connectivity index (χ2v) is 8.24. The van der Waals surface area contributed by atoms with Gasteiger partial charge in [-0.3, -0.25) is 0 Å². The van der Waals surface area contributed by atoms with Gasteiger partial charge in [0.05, 0.1) is 0 Å². The lowest BCUT2D eigenvalue weighted by atomic mass is 10.1. The third-order valence-electron chi connectivity index (χ3n) is 4.41. The average molecular weight is 399 g/mol. The third kappa shape index (κ3) is 4.25. The van der Waals surface area contributed by atoms with Crippen molar-refractivity contribution in [3.63, 3.8) is 0 Å². The lowest BCUT2D eigenvalue weighted by molar-refractivity contribution is 0.225. The number of para-hydroxylation sites is 1. The minimum absolute atomic E-state index is 0.294. The summed E-state index contributed by atoms with van der Waals surface area (Å²) in [6, 6.07) is 10.1. The summed E-state index contributed by atoms with van der Waals surface area (Å²) in [5.74, 6) is 1.54. The van der Waals surface area contributed by atoms with E-state index in [9.17, 15) is 0 Å². The van der Waals surface area contributed by atoms with Crippen LogP contribution in [-0.2, 0) is 0 Å². The van der Waals surface area contributed by atoms with Gasteiger partial charge in [-0.25, -0.2) is 0 Å². The molecule has 7 heteroatoms. The van der Waals surface area contributed by atoms with Gasteiger partial charge in [0.2, 0.25) is 11.0 Å². The Hall–Kier alpha value is -2.12. The lowest BCUT2D eigenvalue weighted by Gasteiger charge is -2.17. The molecule has 0 spiro atoms. The number of hydrogen-bond donors (Lipinski definition) is 1. The monoisotopic (exact) mass is 398 g/mol. The molecule has 0 saturated heterocycles. The first kappa shape index (κ1) is 18.3. The van der Waals surface area contributed by atoms with Gasteiger partial charge < -0.3 is 10.1 Å². The zero-order valence-corrected chi connectivity index (χ0v) is 16.9. The summed E-state index contributed by atoms with van der Waals surface area (Å²) in [4.78, 5) is 4.68. The second-order valence-electron chi connectivity index (χ2n) is 6.40. The van der Waals surface area contributed by atoms with Crippen molar-refractivity contribution >= 4 is 28.8 Å². The van der Waals surface area contributed by atoms with Gasteiger partial charge in [-0.2, -0.15) is 16.3 Å². The molecule has 2 aromatic heterocycles. The summed E-state index contributed by atoms with van der Waals surface area (Å²) in [5, 5.41) is 17.1. The number of fused-ring (bicyclic) bond motifs is 3. The van der Waals surface area contributed by atoms with E-state index in [1.165, 1.54) is 25.7 Å². The zero-order chi connectivity index (χ0) is 18.5. The molecule has 140 valence electrons. The number of hydrogen-bond acceptors (Lipinski definition) is 7. The molecule has 1 aliphatic rings. The van der Waals surface area contributed by atoms with Gasteiger partial charge in [0.1, 0.15) is 0 Å². The molecule has 27 heavy (non-hydrogen) atoms. The van der Waals surface area contributed by atoms with Crippen LogP contribution in [0.25, 0.3) is 11.3 Å². The molecule has 0 bridgehead atoms. The minimum Gasteiger partial charge on any atom is -0.448 e. The summed E-state index contributed by atoms with van der Waals surface area (Å²) in [7, 11) is 0. The number of thioether (sulfide) groups is 1. The topological polar surface area (TPSA) is 59.9 Å². The van der Waals surface area contributed by atoms with Crippen molar-refractivity contribution in [1.29, 1.82) is 0 Å². The van der Waals surface area contributed by atoms with Crippen LogP contribution in [0.4, 0.5) is 5.69 Å². The number of rotatable bonds is 7. The highest BCUT2D eigenvalue weighted by molar-refractivity contribution is 7.99. The van der Waals surface area contributed by atoms with E-state index >= 15 is 0 Å². The fourth-order valence-corrected chi connectivity index (χ4v) is 4.43. The second kappa shape index (κ2) is 8.71. The van der Waals surface area contributed by atoms with Gasteiger partial charge in [0, 0.05) is 22.6 Å². The van der Waals surface area contributed by atoms with Gasteiger partial charge >= 0.3 is 0 Å². The lowest BCUT2D eigenvalue weighted by Crippen LogP contribution is -2.16. The van der Waals surface area contributed by atoms with E-state index in [1.54, 1.807) is 23.1 Å². The molecule has 0 saturated carbocycles. The van der Waals surface area contributed by atoms with Crippen molar-refractivity contribution < 1.29 is 4.74 Å². The van der Waals surface area contributed by atoms with Crippen LogP contribution in [0.1, 0.15) is 44.4 Å². The Balaban J connectivity index is 1.61. The summed E-state index contributed by atoms with van der Waals surface area (Å²) < 4.78 is 6.24. The van der Waals surface area contributed by atoms with Crippen LogP contribution in [-0.4, -0.2) is 20.9 Å². The summed E-state index contributed by atoms with van der Waals surface area (Å²) in [6.07, 6.45) is 4.64. The number of ether oxygens (including phenoxy) is 1. The third-order valence-corrected chi connectivity index (χ3v) is 6.03. The predicted molar refractivity (Wildman–Crippen MR) is 111 cm³/mol. The van der Waals surface area contributed by atoms with Crippen LogP contribution in [0.2, 0.25) is 0 Å². The van der Waals surface area contributed by atoms with E-state index in [1.807, 2.05) is 29.6 Å². The molecule has 0 fully saturated rings. The highest BCUT2D eigenvalue weighted by Gasteiger charge is 2.26. The molecule has 3 aromatic rings. The Morgan fingerprint density at radius 2 is 2.07 bits per heavy atom. The Bertz CT molecular complexity index is 885. The Morgan fingerprint density at radius 3 is 2.93 bits per heavy atom. The van der Waals surface area contributed by atoms with Crippen LogP contribution >= 0.6 is 23.1 Å². The molecule has 0 radical (unpaired) electrons. The average Bonchev–Trinajstić information content (AvgIpc) is 3.18. The molecule has 3 heterocycles. The molecule has 1 aromatic carbocycles. The number of anilines is 1. The number of nitrogens with one attached hydrogen (secondary N) is 1. The maximum absolute atomic E-state index is 6.24. The van der Waals surface area contributed by atoms with E-state index in [4.69, 9.17) is 4.74 Å². The number of benzene rings is 1. The predicted octanol–water partition coefficient (Wildman–Crippen LogP) is 5.78. The molecule has 1 N–H and O–H groups in total. The Morgan fingerprint density at radius 1 is 1.15 bits per heavy atom. The first-order chi connectivity index (χ1) is 13.3. The fourth-order valence-electron chi connectivity index (χ4n) is 2.98. The van der Waals surface area contributed by atoms with Crippen molar-refractivity contribution in [2.75, 3.05) is 11.1 Å². The molecule has 1 aliphatic heterocycles. The van der Waals surface area contributed by atoms with Crippen molar-refractivity contribution in [3.05, 3.63) is 46.7 Å². The minimum atomic E-state index is -0.294. The van der Waals surface area contributed by atoms with Crippen LogP contribution < -0.4 is 10.1 Å². The van der Waals surface area contributed by atoms with Crippen molar-refractivity contribution in [3.8, 4) is 17.1 Å². The van der Waals surface area contributed by atoms with Gasteiger partial charge in [-0.1, -0.05) is 56.1 Å². The van der Waals surface area contributed by atoms with Crippen LogP contribution in [0.5, 0.6) is 5.88 Å². The molecular weight excluding hydrogens is 376 g/mol. The molecule has 0 amide bonds. The van der Waals surface area contributed by atoms with Crippen LogP contribution in [0.3, 0.4) is 0 Å². The highest BCUT2D eigenvalue weighted by Crippen LogP contribution is 2.39. The zero-order valence-electron chi connectivity index (χ0n) is 15.2. The molecule has 5 nitrogen and oxygen atoms in total. The highest BCUT2D eigenvalue weighted by atomic mass is 32.2. The smallest absolute Gasteiger partial charge is 0.247 e. The molecule has 0 unspecified atom stereocenters. The fraction of sp³-hybridized carbons (Fsp3) is 0.350. The molecular formula is C20H22N4OS2. The van der Waals surface area contributed by atoms with Gasteiger partial charge in [0.15, 0.2) is 11.9 Å². The molecule has 0 aliphatic carbocycles. The van der Waals surface area contributed by atoms with Crippen LogP contribution in [0, 0.1) is 0 Å². The largest absolute Gasteiger partial charge is 0.448 e. The molecule has 4 rings (SSSR count). The van der Waals surface area contributed by atoms with Gasteiger partial charge in [-0.05, 0) is 29.3 Å². The number of nitrogens with zero attached hydrogens (tertiary/aromatic N) is 3. The van der Waals surface area contributed by atoms with E-state index in [0.29, 0.717) is 16.7 Å². The summed E-state index contributed by atoms with van der Waals surface area (Å²) in [5.41, 5.74) is 3.70. The molecule has 1 atom stereocenters. The van der Waals surface area contributed by atoms with Crippen molar-refractivity contribution in [2.45, 2.75) is 44.0 Å². The number of thiophene rings is 1. The van der Waals surface area contributed by atoms with Gasteiger partial charge in [0.25, 0.3) is 0 Å². The normalized spacial score (nSPS) is 15.2. The van der Waals surface area contributed by atoms with E-state index in [-0.39, 0.29) is 6.23 Å². The SMILES string of the molecule is CCCCCCSc1nnc2c(n1)O[C@@H](c1ccsc1)Nc1ccccc1-2. The van der Waals surface area contributed by atoms with E-state index in [0.717, 1.165) is 22.6 Å². The van der Waals surface area contributed by atoms with E-state index in [2.05, 4.69) is 38.9 Å². The number of aromatic nitrogens is 3. The van der Waals surface area contributed by atoms with Crippen molar-refractivity contribution in [1.82, 2.24) is 15.2 Å². The first-order valence-corrected chi connectivity index (χ1v) is 11.2. The maximum Gasteiger partial charge on any atom is 0.247 e. The van der Waals surface area contributed by atoms with Crippen molar-refractivity contribution in [2.24, 2.45) is 0 Å². The first-order valence-electron chi connectivity index (χ1n) is 9.27. The van der Waals surface area contributed by atoms with Crippen LogP contribution in [0.15, 0.2) is 46.2 Å².